The maximum Gasteiger partial charge on any atom is 0.270 e. The molecule has 0 saturated heterocycles. The molecule has 0 unspecified atom stereocenters. The predicted octanol–water partition coefficient (Wildman–Crippen LogP) is 5.27. The second-order valence-corrected chi connectivity index (χ2v) is 13.3. The fourth-order valence-electron chi connectivity index (χ4n) is 4.95. The number of aromatic nitrogens is 1. The van der Waals surface area contributed by atoms with Gasteiger partial charge >= 0.3 is 0 Å². The third kappa shape index (κ3) is 5.45. The zero-order valence-electron chi connectivity index (χ0n) is 20.1. The molecule has 0 bridgehead atoms. The molecule has 34 heavy (non-hydrogen) atoms. The molecule has 2 N–H and O–H groups in total. The third-order valence-electron chi connectivity index (χ3n) is 6.56. The summed E-state index contributed by atoms with van der Waals surface area (Å²) < 4.78 is 15.9. The van der Waals surface area contributed by atoms with Gasteiger partial charge in [-0.05, 0) is 63.8 Å². The first-order chi connectivity index (χ1) is 16.2. The molecule has 0 spiro atoms. The number of aliphatic hydroxyl groups excluding tert-OH is 1. The Morgan fingerprint density at radius 2 is 1.97 bits per heavy atom. The second-order valence-electron chi connectivity index (χ2n) is 10.2. The average molecular weight is 549 g/mol. The molecule has 2 atom stereocenters. The van der Waals surface area contributed by atoms with Crippen molar-refractivity contribution in [3.05, 3.63) is 51.6 Å². The van der Waals surface area contributed by atoms with E-state index in [1.165, 1.54) is 6.42 Å². The summed E-state index contributed by atoms with van der Waals surface area (Å²) in [7, 11) is -1.28. The molecule has 1 fully saturated rings. The van der Waals surface area contributed by atoms with Gasteiger partial charge in [-0.15, -0.1) is 0 Å². The monoisotopic (exact) mass is 547 g/mol. The van der Waals surface area contributed by atoms with Crippen molar-refractivity contribution in [2.45, 2.75) is 82.7 Å². The molecule has 4 rings (SSSR count). The molecule has 1 aliphatic carbocycles. The van der Waals surface area contributed by atoms with Crippen molar-refractivity contribution >= 4 is 32.8 Å². The highest BCUT2D eigenvalue weighted by atomic mass is 79.9. The number of amides is 1. The van der Waals surface area contributed by atoms with Crippen LogP contribution >= 0.6 is 15.9 Å². The Morgan fingerprint density at radius 3 is 2.62 bits per heavy atom. The number of hydrogen-bond acceptors (Lipinski definition) is 4. The number of aliphatic hydroxyl groups is 1. The van der Waals surface area contributed by atoms with Gasteiger partial charge in [-0.3, -0.25) is 4.79 Å². The maximum atomic E-state index is 13.5. The van der Waals surface area contributed by atoms with Crippen molar-refractivity contribution < 1.29 is 14.1 Å². The number of nitrogens with zero attached hydrogens (tertiary/aromatic N) is 2. The Morgan fingerprint density at radius 1 is 1.24 bits per heavy atom. The highest BCUT2D eigenvalue weighted by Crippen LogP contribution is 2.44. The van der Waals surface area contributed by atoms with Gasteiger partial charge in [0.1, 0.15) is 16.7 Å². The van der Waals surface area contributed by atoms with Crippen molar-refractivity contribution in [3.8, 4) is 11.3 Å². The fraction of sp³-hybridized carbons (Fsp3) is 0.538. The van der Waals surface area contributed by atoms with Gasteiger partial charge in [-0.25, -0.2) is 13.5 Å². The van der Waals surface area contributed by atoms with Gasteiger partial charge in [0.2, 0.25) is 0 Å². The van der Waals surface area contributed by atoms with Crippen LogP contribution in [0.3, 0.4) is 0 Å². The van der Waals surface area contributed by atoms with Gasteiger partial charge < -0.3 is 10.4 Å². The van der Waals surface area contributed by atoms with Gasteiger partial charge in [0.15, 0.2) is 0 Å². The second kappa shape index (κ2) is 10.6. The van der Waals surface area contributed by atoms with Crippen LogP contribution in [-0.2, 0) is 17.5 Å². The van der Waals surface area contributed by atoms with Crippen LogP contribution in [0, 0.1) is 0 Å². The summed E-state index contributed by atoms with van der Waals surface area (Å²) in [6.07, 6.45) is 5.97. The number of carbonyl (C=O) groups is 1. The molecule has 0 radical (unpaired) electrons. The van der Waals surface area contributed by atoms with Crippen LogP contribution in [-0.4, -0.2) is 41.9 Å². The lowest BCUT2D eigenvalue weighted by atomic mass is 9.94. The van der Waals surface area contributed by atoms with E-state index in [2.05, 4.69) is 21.2 Å². The zero-order chi connectivity index (χ0) is 24.5. The van der Waals surface area contributed by atoms with Crippen LogP contribution in [0.4, 0.5) is 0 Å². The van der Waals surface area contributed by atoms with Crippen LogP contribution < -0.4 is 5.32 Å². The summed E-state index contributed by atoms with van der Waals surface area (Å²) in [6.45, 7) is 6.30. The molecule has 2 aliphatic rings. The summed E-state index contributed by atoms with van der Waals surface area (Å²) >= 11 is 3.55. The van der Waals surface area contributed by atoms with Crippen molar-refractivity contribution in [2.75, 3.05) is 6.61 Å². The number of fused-ring (bicyclic) bond motifs is 1. The Hall–Kier alpha value is -1.61. The number of hydrogen-bond donors (Lipinski definition) is 2. The number of rotatable bonds is 6. The van der Waals surface area contributed by atoms with E-state index in [4.69, 9.17) is 4.98 Å². The molecule has 6 nitrogen and oxygen atoms in total. The first-order valence-electron chi connectivity index (χ1n) is 12.1. The van der Waals surface area contributed by atoms with E-state index in [-0.39, 0.29) is 24.6 Å². The van der Waals surface area contributed by atoms with Crippen LogP contribution in [0.15, 0.2) is 34.8 Å². The maximum absolute atomic E-state index is 13.5. The fourth-order valence-corrected chi connectivity index (χ4v) is 6.75. The molecule has 1 aromatic heterocycles. The summed E-state index contributed by atoms with van der Waals surface area (Å²) in [5.74, 6) is -0.153. The van der Waals surface area contributed by atoms with E-state index in [1.807, 2.05) is 55.4 Å². The molecular formula is C26H34BrN3O3S. The zero-order valence-corrected chi connectivity index (χ0v) is 22.5. The number of nitrogens with one attached hydrogen (secondary N) is 1. The molecule has 2 aromatic rings. The van der Waals surface area contributed by atoms with Crippen molar-refractivity contribution in [1.29, 1.82) is 0 Å². The topological polar surface area (TPSA) is 82.5 Å². The lowest BCUT2D eigenvalue weighted by molar-refractivity contribution is 0.0922. The minimum Gasteiger partial charge on any atom is -0.396 e. The molecule has 1 aliphatic heterocycles. The lowest BCUT2D eigenvalue weighted by Crippen LogP contribution is -2.36. The van der Waals surface area contributed by atoms with E-state index >= 15 is 0 Å². The van der Waals surface area contributed by atoms with Crippen LogP contribution in [0.5, 0.6) is 0 Å². The summed E-state index contributed by atoms with van der Waals surface area (Å²) in [6, 6.07) is 9.69. The Labute approximate surface area is 213 Å². The van der Waals surface area contributed by atoms with Gasteiger partial charge in [-0.2, -0.15) is 0 Å². The number of halogens is 1. The molecule has 1 amide bonds. The van der Waals surface area contributed by atoms with Crippen molar-refractivity contribution in [2.24, 2.45) is 0 Å². The van der Waals surface area contributed by atoms with Crippen LogP contribution in [0.2, 0.25) is 0 Å². The third-order valence-corrected chi connectivity index (χ3v) is 8.91. The summed E-state index contributed by atoms with van der Waals surface area (Å²) in [5, 5.41) is 13.1. The first kappa shape index (κ1) is 25.5. The number of benzene rings is 1. The normalized spacial score (nSPS) is 20.2. The molecular weight excluding hydrogens is 514 g/mol. The van der Waals surface area contributed by atoms with Crippen LogP contribution in [0.25, 0.3) is 11.3 Å². The molecule has 2 heterocycles. The molecule has 1 aromatic carbocycles. The van der Waals surface area contributed by atoms with E-state index in [9.17, 15) is 14.1 Å². The minimum atomic E-state index is -1.28. The minimum absolute atomic E-state index is 0.0240. The smallest absolute Gasteiger partial charge is 0.270 e. The van der Waals surface area contributed by atoms with E-state index < -0.39 is 15.7 Å². The van der Waals surface area contributed by atoms with Gasteiger partial charge in [0, 0.05) is 34.8 Å². The molecule has 1 saturated carbocycles. The predicted molar refractivity (Wildman–Crippen MR) is 140 cm³/mol. The van der Waals surface area contributed by atoms with Crippen LogP contribution in [0.1, 0.15) is 87.0 Å². The highest BCUT2D eigenvalue weighted by Gasteiger charge is 2.40. The van der Waals surface area contributed by atoms with Crippen molar-refractivity contribution in [1.82, 2.24) is 14.6 Å². The first-order valence-corrected chi connectivity index (χ1v) is 14.0. The summed E-state index contributed by atoms with van der Waals surface area (Å²) in [5.41, 5.74) is 3.92. The Bertz CT molecular complexity index is 1080. The number of pyridine rings is 1. The number of carbonyl (C=O) groups excluding carboxylic acids is 1. The quantitative estimate of drug-likeness (QED) is 0.515. The van der Waals surface area contributed by atoms with E-state index in [0.29, 0.717) is 18.7 Å². The Kier molecular flexibility index (Phi) is 7.92. The molecule has 8 heteroatoms. The average Bonchev–Trinajstić information content (AvgIpc) is 3.16. The lowest BCUT2D eigenvalue weighted by Gasteiger charge is -2.30. The standard InChI is InChI=1S/C26H34BrN3O3S/c1-26(2,3)34(33)30-16-18-15-21(25(32)28-20-10-5-4-6-11-20)29-24(23(18)22(30)12-13-31)17-8-7-9-19(27)14-17/h7-9,14-15,20,22,31H,4-6,10-13,16H2,1-3H3,(H,28,32)/t22-,34-/m1/s1. The SMILES string of the molecule is CC(C)(C)[S@@](=O)N1Cc2cc(C(=O)NC3CCCCC3)nc(-c3cccc(Br)c3)c2[C@H]1CCO. The highest BCUT2D eigenvalue weighted by molar-refractivity contribution is 9.10. The van der Waals surface area contributed by atoms with Crippen molar-refractivity contribution in [3.63, 3.8) is 0 Å². The van der Waals surface area contributed by atoms with E-state index in [0.717, 1.165) is 52.5 Å². The van der Waals surface area contributed by atoms with Gasteiger partial charge in [-0.1, -0.05) is 47.3 Å². The van der Waals surface area contributed by atoms with Gasteiger partial charge in [0.05, 0.1) is 16.5 Å². The summed E-state index contributed by atoms with van der Waals surface area (Å²) in [4.78, 5) is 18.1. The van der Waals surface area contributed by atoms with Gasteiger partial charge in [0.25, 0.3) is 5.91 Å². The van der Waals surface area contributed by atoms with E-state index in [1.54, 1.807) is 0 Å². The Balaban J connectivity index is 1.79. The largest absolute Gasteiger partial charge is 0.396 e. The molecule has 184 valence electrons.